The molecule has 0 saturated carbocycles. The number of aromatic amines is 1. The monoisotopic (exact) mass is 577 g/mol. The maximum Gasteiger partial charge on any atom is 0.439 e. The van der Waals surface area contributed by atoms with Crippen molar-refractivity contribution in [1.29, 1.82) is 0 Å². The Balaban J connectivity index is 0.00000405. The zero-order chi connectivity index (χ0) is 29.1. The van der Waals surface area contributed by atoms with Crippen molar-refractivity contribution in [1.82, 2.24) is 19.7 Å². The molecule has 0 atom stereocenters. The smallest absolute Gasteiger partial charge is 0.439 e. The van der Waals surface area contributed by atoms with Gasteiger partial charge in [0.25, 0.3) is 5.56 Å². The number of rotatable bonds is 9. The molecule has 0 aliphatic rings. The molecular formula is C32H31FN4NaO4. The minimum absolute atomic E-state index is 0. The number of nitrogens with one attached hydrogen (secondary N) is 1. The Kier molecular flexibility index (Phi) is 9.98. The average Bonchev–Trinajstić information content (AvgIpc) is 3.38. The van der Waals surface area contributed by atoms with Crippen LogP contribution < -0.4 is 16.1 Å². The number of ether oxygens (including phenoxy) is 1. The zero-order valence-electron chi connectivity index (χ0n) is 24.4. The van der Waals surface area contributed by atoms with E-state index in [1.807, 2.05) is 57.2 Å². The third kappa shape index (κ3) is 6.64. The first kappa shape index (κ1) is 31.2. The SMILES string of the molecule is CCCc1nc(C)n(-c2ccc(OC(C)C)cc2)c(=O)c1Cc1ccc(-c2ccccc2-c2noc(=O)[nH]2)cc1F.[Na]. The van der Waals surface area contributed by atoms with Gasteiger partial charge in [0, 0.05) is 47.1 Å². The molecule has 0 aliphatic heterocycles. The summed E-state index contributed by atoms with van der Waals surface area (Å²) in [7, 11) is 0. The van der Waals surface area contributed by atoms with E-state index in [-0.39, 0.29) is 53.5 Å². The number of hydrogen-bond donors (Lipinski definition) is 1. The summed E-state index contributed by atoms with van der Waals surface area (Å²) < 4.78 is 27.6. The first-order valence-corrected chi connectivity index (χ1v) is 13.6. The Morgan fingerprint density at radius 3 is 2.36 bits per heavy atom. The molecule has 2 aromatic heterocycles. The van der Waals surface area contributed by atoms with Gasteiger partial charge in [-0.15, -0.1) is 0 Å². The van der Waals surface area contributed by atoms with Gasteiger partial charge in [-0.25, -0.2) is 14.2 Å². The second-order valence-corrected chi connectivity index (χ2v) is 10.1. The van der Waals surface area contributed by atoms with Crippen LogP contribution in [0, 0.1) is 12.7 Å². The Hall–Kier alpha value is -3.79. The largest absolute Gasteiger partial charge is 0.491 e. The van der Waals surface area contributed by atoms with Crippen molar-refractivity contribution in [3.8, 4) is 34.0 Å². The fraction of sp³-hybridized carbons (Fsp3) is 0.250. The van der Waals surface area contributed by atoms with Crippen LogP contribution in [0.4, 0.5) is 4.39 Å². The van der Waals surface area contributed by atoms with Gasteiger partial charge < -0.3 is 4.74 Å². The number of nitrogens with zero attached hydrogens (tertiary/aromatic N) is 3. The molecule has 0 spiro atoms. The van der Waals surface area contributed by atoms with Gasteiger partial charge in [0.2, 0.25) is 0 Å². The van der Waals surface area contributed by atoms with Crippen LogP contribution in [0.5, 0.6) is 5.75 Å². The van der Waals surface area contributed by atoms with E-state index in [4.69, 9.17) is 9.72 Å². The summed E-state index contributed by atoms with van der Waals surface area (Å²) in [5.41, 5.74) is 3.85. The Morgan fingerprint density at radius 2 is 1.74 bits per heavy atom. The molecule has 5 rings (SSSR count). The second-order valence-electron chi connectivity index (χ2n) is 10.1. The molecule has 0 saturated heterocycles. The number of benzene rings is 3. The van der Waals surface area contributed by atoms with E-state index in [1.54, 1.807) is 35.8 Å². The van der Waals surface area contributed by atoms with Crippen LogP contribution in [-0.4, -0.2) is 55.4 Å². The molecule has 5 aromatic rings. The minimum atomic E-state index is -0.670. The van der Waals surface area contributed by atoms with Crippen molar-refractivity contribution in [2.24, 2.45) is 0 Å². The number of aryl methyl sites for hydroxylation is 2. The molecule has 0 amide bonds. The first-order valence-electron chi connectivity index (χ1n) is 13.6. The maximum atomic E-state index is 15.6. The Morgan fingerprint density at radius 1 is 1.02 bits per heavy atom. The molecule has 211 valence electrons. The number of hydrogen-bond acceptors (Lipinski definition) is 6. The molecule has 10 heteroatoms. The van der Waals surface area contributed by atoms with Crippen LogP contribution in [0.2, 0.25) is 0 Å². The van der Waals surface area contributed by atoms with Crippen LogP contribution in [0.15, 0.2) is 80.8 Å². The summed E-state index contributed by atoms with van der Waals surface area (Å²) in [5, 5.41) is 3.77. The van der Waals surface area contributed by atoms with Crippen molar-refractivity contribution in [2.75, 3.05) is 0 Å². The van der Waals surface area contributed by atoms with E-state index >= 15 is 4.39 Å². The Bertz CT molecular complexity index is 1810. The standard InChI is InChI=1S/C32H31FN4O4.Na/c1-5-8-29-27(31(38)37(20(4)34-29)23-13-15-24(16-14-23)40-19(2)3)17-22-12-11-21(18-28(22)33)25-9-6-7-10-26(25)30-35-32(39)41-36-30;/h6-7,9-16,18-19H,5,8,17H2,1-4H3,(H,35,36,39);. The van der Waals surface area contributed by atoms with Gasteiger partial charge in [-0.3, -0.25) is 18.9 Å². The predicted molar refractivity (Wildman–Crippen MR) is 161 cm³/mol. The van der Waals surface area contributed by atoms with Crippen molar-refractivity contribution >= 4 is 29.6 Å². The fourth-order valence-electron chi connectivity index (χ4n) is 4.93. The molecule has 1 N–H and O–H groups in total. The molecule has 0 fully saturated rings. The molecule has 1 radical (unpaired) electrons. The third-order valence-electron chi connectivity index (χ3n) is 6.74. The molecule has 3 aromatic carbocycles. The molecule has 0 bridgehead atoms. The quantitative estimate of drug-likeness (QED) is 0.228. The van der Waals surface area contributed by atoms with E-state index in [2.05, 4.69) is 14.7 Å². The van der Waals surface area contributed by atoms with Crippen molar-refractivity contribution in [3.05, 3.63) is 116 Å². The predicted octanol–water partition coefficient (Wildman–Crippen LogP) is 5.64. The van der Waals surface area contributed by atoms with Gasteiger partial charge in [-0.1, -0.05) is 54.9 Å². The summed E-state index contributed by atoms with van der Waals surface area (Å²) in [6.07, 6.45) is 1.54. The summed E-state index contributed by atoms with van der Waals surface area (Å²) in [4.78, 5) is 32.7. The van der Waals surface area contributed by atoms with E-state index in [0.717, 1.165) is 6.42 Å². The number of halogens is 1. The van der Waals surface area contributed by atoms with E-state index in [9.17, 15) is 9.59 Å². The topological polar surface area (TPSA) is 103 Å². The van der Waals surface area contributed by atoms with Gasteiger partial charge in [0.1, 0.15) is 17.4 Å². The summed E-state index contributed by atoms with van der Waals surface area (Å²) in [6, 6.07) is 19.4. The van der Waals surface area contributed by atoms with Gasteiger partial charge in [0.15, 0.2) is 5.82 Å². The van der Waals surface area contributed by atoms with Crippen molar-refractivity contribution < 1.29 is 13.7 Å². The second kappa shape index (κ2) is 13.5. The van der Waals surface area contributed by atoms with Crippen LogP contribution >= 0.6 is 0 Å². The molecule has 0 unspecified atom stereocenters. The van der Waals surface area contributed by atoms with Crippen LogP contribution in [0.3, 0.4) is 0 Å². The maximum absolute atomic E-state index is 15.6. The molecule has 42 heavy (non-hydrogen) atoms. The normalized spacial score (nSPS) is 11.0. The minimum Gasteiger partial charge on any atom is -0.491 e. The van der Waals surface area contributed by atoms with Gasteiger partial charge in [0.05, 0.1) is 17.5 Å². The molecule has 0 aliphatic carbocycles. The van der Waals surface area contributed by atoms with Gasteiger partial charge >= 0.3 is 5.76 Å². The van der Waals surface area contributed by atoms with Gasteiger partial charge in [-0.05, 0) is 74.2 Å². The van der Waals surface area contributed by atoms with Crippen LogP contribution in [0.1, 0.15) is 49.8 Å². The Labute approximate surface area is 264 Å². The fourth-order valence-corrected chi connectivity index (χ4v) is 4.93. The van der Waals surface area contributed by atoms with Crippen molar-refractivity contribution in [3.63, 3.8) is 0 Å². The molecule has 2 heterocycles. The van der Waals surface area contributed by atoms with Crippen LogP contribution in [-0.2, 0) is 12.8 Å². The molecular weight excluding hydrogens is 546 g/mol. The van der Waals surface area contributed by atoms with Crippen LogP contribution in [0.25, 0.3) is 28.2 Å². The van der Waals surface area contributed by atoms with E-state index < -0.39 is 11.6 Å². The zero-order valence-corrected chi connectivity index (χ0v) is 26.4. The average molecular weight is 578 g/mol. The summed E-state index contributed by atoms with van der Waals surface area (Å²) >= 11 is 0. The van der Waals surface area contributed by atoms with Crippen molar-refractivity contribution in [2.45, 2.75) is 53.1 Å². The first-order chi connectivity index (χ1) is 19.7. The van der Waals surface area contributed by atoms with Gasteiger partial charge in [-0.2, -0.15) is 0 Å². The summed E-state index contributed by atoms with van der Waals surface area (Å²) in [6.45, 7) is 7.73. The number of aromatic nitrogens is 4. The summed E-state index contributed by atoms with van der Waals surface area (Å²) in [5.74, 6) is 0.419. The van der Waals surface area contributed by atoms with E-state index in [0.29, 0.717) is 57.2 Å². The molecule has 8 nitrogen and oxygen atoms in total. The van der Waals surface area contributed by atoms with E-state index in [1.165, 1.54) is 6.07 Å². The third-order valence-corrected chi connectivity index (χ3v) is 6.74. The number of H-pyrrole nitrogens is 1.